The number of carbonyl (C=O) groups excluding carboxylic acids is 2. The largest absolute Gasteiger partial charge is 0.497 e. The molecule has 3 rings (SSSR count). The van der Waals surface area contributed by atoms with Crippen molar-refractivity contribution in [2.75, 3.05) is 19.0 Å². The lowest BCUT2D eigenvalue weighted by molar-refractivity contribution is -0.137. The van der Waals surface area contributed by atoms with Crippen LogP contribution in [0.2, 0.25) is 0 Å². The van der Waals surface area contributed by atoms with Gasteiger partial charge in [0.2, 0.25) is 0 Å². The number of rotatable bonds is 8. The zero-order chi connectivity index (χ0) is 21.8. The minimum absolute atomic E-state index is 0.0524. The van der Waals surface area contributed by atoms with Crippen molar-refractivity contribution in [3.8, 4) is 11.5 Å². The van der Waals surface area contributed by atoms with E-state index in [1.807, 2.05) is 70.2 Å². The minimum atomic E-state index is -0.325. The van der Waals surface area contributed by atoms with Crippen molar-refractivity contribution in [2.45, 2.75) is 33.8 Å². The number of anilines is 1. The zero-order valence-corrected chi connectivity index (χ0v) is 18.1. The van der Waals surface area contributed by atoms with Crippen molar-refractivity contribution in [1.29, 1.82) is 0 Å². The molecule has 0 unspecified atom stereocenters. The lowest BCUT2D eigenvalue weighted by Gasteiger charge is -2.17. The summed E-state index contributed by atoms with van der Waals surface area (Å²) in [5, 5.41) is 3.15. The van der Waals surface area contributed by atoms with Crippen LogP contribution in [0.1, 0.15) is 33.3 Å². The van der Waals surface area contributed by atoms with Crippen LogP contribution in [0, 0.1) is 5.92 Å². The van der Waals surface area contributed by atoms with Gasteiger partial charge >= 0.3 is 0 Å². The lowest BCUT2D eigenvalue weighted by atomic mass is 10.0. The summed E-state index contributed by atoms with van der Waals surface area (Å²) in [5.41, 5.74) is 1.97. The third-order valence-electron chi connectivity index (χ3n) is 4.57. The van der Waals surface area contributed by atoms with E-state index in [0.717, 1.165) is 0 Å². The highest BCUT2D eigenvalue weighted by molar-refractivity contribution is 6.36. The maximum Gasteiger partial charge on any atom is 0.278 e. The fraction of sp³-hybridized carbons (Fsp3) is 0.333. The third-order valence-corrected chi connectivity index (χ3v) is 4.57. The van der Waals surface area contributed by atoms with Crippen LogP contribution >= 0.6 is 0 Å². The fourth-order valence-corrected chi connectivity index (χ4v) is 3.31. The topological polar surface area (TPSA) is 67.9 Å². The zero-order valence-electron chi connectivity index (χ0n) is 18.1. The standard InChI is InChI=1S/C24H28N2O4/c1-15(2)14-26-23(27)21(17-9-11-19(12-10-17)30-16(3)4)22(24(26)28)25-18-7-6-8-20(13-18)29-5/h6-13,15-16,25H,14H2,1-5H3. The molecule has 0 aromatic heterocycles. The van der Waals surface area contributed by atoms with Gasteiger partial charge in [0, 0.05) is 18.3 Å². The molecule has 6 heteroatoms. The molecule has 158 valence electrons. The quantitative estimate of drug-likeness (QED) is 0.659. The summed E-state index contributed by atoms with van der Waals surface area (Å²) in [6.45, 7) is 8.22. The number of nitrogens with zero attached hydrogens (tertiary/aromatic N) is 1. The number of hydrogen-bond acceptors (Lipinski definition) is 5. The van der Waals surface area contributed by atoms with Crippen LogP contribution in [0.4, 0.5) is 5.69 Å². The highest BCUT2D eigenvalue weighted by Gasteiger charge is 2.39. The molecule has 0 spiro atoms. The van der Waals surface area contributed by atoms with Crippen LogP contribution in [0.3, 0.4) is 0 Å². The summed E-state index contributed by atoms with van der Waals surface area (Å²) in [7, 11) is 1.58. The Hall–Kier alpha value is -3.28. The Balaban J connectivity index is 2.01. The monoisotopic (exact) mass is 408 g/mol. The number of amides is 2. The number of benzene rings is 2. The number of nitrogens with one attached hydrogen (secondary N) is 1. The Labute approximate surface area is 177 Å². The van der Waals surface area contributed by atoms with Crippen molar-refractivity contribution >= 4 is 23.1 Å². The molecule has 0 aliphatic carbocycles. The van der Waals surface area contributed by atoms with E-state index in [4.69, 9.17) is 9.47 Å². The van der Waals surface area contributed by atoms with Gasteiger partial charge in [0.1, 0.15) is 17.2 Å². The minimum Gasteiger partial charge on any atom is -0.497 e. The highest BCUT2D eigenvalue weighted by Crippen LogP contribution is 2.32. The molecule has 0 atom stereocenters. The van der Waals surface area contributed by atoms with Crippen LogP contribution in [0.15, 0.2) is 54.2 Å². The molecule has 30 heavy (non-hydrogen) atoms. The van der Waals surface area contributed by atoms with Gasteiger partial charge in [-0.3, -0.25) is 14.5 Å². The molecule has 2 aromatic rings. The first-order chi connectivity index (χ1) is 14.3. The SMILES string of the molecule is COc1cccc(NC2=C(c3ccc(OC(C)C)cc3)C(=O)N(CC(C)C)C2=O)c1. The predicted octanol–water partition coefficient (Wildman–Crippen LogP) is 4.33. The van der Waals surface area contributed by atoms with E-state index in [-0.39, 0.29) is 29.5 Å². The summed E-state index contributed by atoms with van der Waals surface area (Å²) in [5.74, 6) is 0.920. The van der Waals surface area contributed by atoms with E-state index in [9.17, 15) is 9.59 Å². The molecule has 1 aliphatic heterocycles. The molecule has 0 saturated carbocycles. The van der Waals surface area contributed by atoms with Crippen LogP contribution in [0.5, 0.6) is 11.5 Å². The lowest BCUT2D eigenvalue weighted by Crippen LogP contribution is -2.35. The molecule has 2 amide bonds. The molecule has 0 radical (unpaired) electrons. The molecular weight excluding hydrogens is 380 g/mol. The van der Waals surface area contributed by atoms with Crippen LogP contribution in [0.25, 0.3) is 5.57 Å². The Morgan fingerprint density at radius 1 is 0.933 bits per heavy atom. The van der Waals surface area contributed by atoms with E-state index in [1.165, 1.54) is 4.90 Å². The van der Waals surface area contributed by atoms with Crippen LogP contribution in [-0.4, -0.2) is 36.5 Å². The van der Waals surface area contributed by atoms with Gasteiger partial charge in [-0.15, -0.1) is 0 Å². The van der Waals surface area contributed by atoms with Crippen molar-refractivity contribution in [1.82, 2.24) is 4.90 Å². The fourth-order valence-electron chi connectivity index (χ4n) is 3.31. The number of carbonyl (C=O) groups is 2. The second kappa shape index (κ2) is 9.03. The van der Waals surface area contributed by atoms with E-state index in [0.29, 0.717) is 34.9 Å². The van der Waals surface area contributed by atoms with Gasteiger partial charge in [-0.25, -0.2) is 0 Å². The molecule has 0 fully saturated rings. The van der Waals surface area contributed by atoms with Crippen molar-refractivity contribution in [2.24, 2.45) is 5.92 Å². The molecule has 1 heterocycles. The van der Waals surface area contributed by atoms with Crippen LogP contribution in [-0.2, 0) is 9.59 Å². The maximum absolute atomic E-state index is 13.2. The second-order valence-corrected chi connectivity index (χ2v) is 7.91. The third kappa shape index (κ3) is 4.64. The van der Waals surface area contributed by atoms with E-state index in [1.54, 1.807) is 13.2 Å². The first-order valence-corrected chi connectivity index (χ1v) is 10.1. The van der Waals surface area contributed by atoms with E-state index >= 15 is 0 Å². The van der Waals surface area contributed by atoms with Crippen molar-refractivity contribution in [3.05, 3.63) is 59.8 Å². The molecule has 6 nitrogen and oxygen atoms in total. The maximum atomic E-state index is 13.2. The average Bonchev–Trinajstić information content (AvgIpc) is 2.92. The Bertz CT molecular complexity index is 961. The number of hydrogen-bond donors (Lipinski definition) is 1. The van der Waals surface area contributed by atoms with Gasteiger partial charge in [-0.05, 0) is 49.6 Å². The van der Waals surface area contributed by atoms with Gasteiger partial charge in [0.05, 0.1) is 18.8 Å². The first-order valence-electron chi connectivity index (χ1n) is 10.1. The summed E-state index contributed by atoms with van der Waals surface area (Å²) < 4.78 is 11.0. The molecule has 2 aromatic carbocycles. The summed E-state index contributed by atoms with van der Waals surface area (Å²) in [6.07, 6.45) is 0.0524. The van der Waals surface area contributed by atoms with Crippen molar-refractivity contribution < 1.29 is 19.1 Å². The Morgan fingerprint density at radius 3 is 2.23 bits per heavy atom. The van der Waals surface area contributed by atoms with Gasteiger partial charge < -0.3 is 14.8 Å². The van der Waals surface area contributed by atoms with Gasteiger partial charge in [-0.2, -0.15) is 0 Å². The summed E-state index contributed by atoms with van der Waals surface area (Å²) in [4.78, 5) is 27.6. The summed E-state index contributed by atoms with van der Waals surface area (Å²) >= 11 is 0. The predicted molar refractivity (Wildman–Crippen MR) is 117 cm³/mol. The van der Waals surface area contributed by atoms with Gasteiger partial charge in [-0.1, -0.05) is 32.0 Å². The van der Waals surface area contributed by atoms with Gasteiger partial charge in [0.25, 0.3) is 11.8 Å². The second-order valence-electron chi connectivity index (χ2n) is 7.91. The number of imide groups is 1. The Kier molecular flexibility index (Phi) is 6.45. The first kappa shape index (κ1) is 21.4. The molecule has 1 N–H and O–H groups in total. The normalized spacial score (nSPS) is 14.2. The Morgan fingerprint density at radius 2 is 1.63 bits per heavy atom. The highest BCUT2D eigenvalue weighted by atomic mass is 16.5. The van der Waals surface area contributed by atoms with E-state index in [2.05, 4.69) is 5.32 Å². The molecular formula is C24H28N2O4. The molecule has 1 aliphatic rings. The smallest absolute Gasteiger partial charge is 0.278 e. The van der Waals surface area contributed by atoms with Crippen LogP contribution < -0.4 is 14.8 Å². The number of ether oxygens (including phenoxy) is 2. The molecule has 0 bridgehead atoms. The van der Waals surface area contributed by atoms with E-state index < -0.39 is 0 Å². The number of methoxy groups -OCH3 is 1. The van der Waals surface area contributed by atoms with Gasteiger partial charge in [0.15, 0.2) is 0 Å². The summed E-state index contributed by atoms with van der Waals surface area (Å²) in [6, 6.07) is 14.5. The average molecular weight is 408 g/mol. The molecule has 0 saturated heterocycles. The van der Waals surface area contributed by atoms with Crippen molar-refractivity contribution in [3.63, 3.8) is 0 Å².